The monoisotopic (exact) mass is 246 g/mol. The van der Waals surface area contributed by atoms with Gasteiger partial charge in [-0.1, -0.05) is 17.7 Å². The lowest BCUT2D eigenvalue weighted by molar-refractivity contribution is -0.116. The maximum Gasteiger partial charge on any atom is 0.178 e. The van der Waals surface area contributed by atoms with Crippen LogP contribution in [0.1, 0.15) is 13.3 Å². The minimum atomic E-state index is -3.38. The van der Waals surface area contributed by atoms with E-state index < -0.39 is 9.84 Å². The fraction of sp³-hybridized carbons (Fsp3) is 0.300. The highest BCUT2D eigenvalue weighted by Crippen LogP contribution is 2.17. The molecule has 82 valence electrons. The summed E-state index contributed by atoms with van der Waals surface area (Å²) in [4.78, 5) is 10.9. The van der Waals surface area contributed by atoms with Crippen LogP contribution in [-0.2, 0) is 14.6 Å². The molecular weight excluding hydrogens is 236 g/mol. The third kappa shape index (κ3) is 3.64. The SMILES string of the molecule is CC(=O)CCS(=O)(=O)c1cccc(Cl)c1. The molecule has 0 radical (unpaired) electrons. The molecule has 0 N–H and O–H groups in total. The van der Waals surface area contributed by atoms with Crippen LogP contribution in [0.2, 0.25) is 5.02 Å². The van der Waals surface area contributed by atoms with E-state index in [1.165, 1.54) is 19.1 Å². The molecule has 5 heteroatoms. The quantitative estimate of drug-likeness (QED) is 0.818. The first-order valence-electron chi connectivity index (χ1n) is 4.39. The summed E-state index contributed by atoms with van der Waals surface area (Å²) in [7, 11) is -3.38. The molecule has 0 aromatic heterocycles. The van der Waals surface area contributed by atoms with Crippen molar-refractivity contribution in [1.29, 1.82) is 0 Å². The topological polar surface area (TPSA) is 51.2 Å². The summed E-state index contributed by atoms with van der Waals surface area (Å²) >= 11 is 5.68. The number of carbonyl (C=O) groups is 1. The molecule has 0 spiro atoms. The van der Waals surface area contributed by atoms with Gasteiger partial charge in [0.15, 0.2) is 9.84 Å². The Bertz CT molecular complexity index is 465. The van der Waals surface area contributed by atoms with Gasteiger partial charge in [0.05, 0.1) is 10.6 Å². The summed E-state index contributed by atoms with van der Waals surface area (Å²) in [6.07, 6.45) is 0.0366. The minimum absolute atomic E-state index is 0.0366. The standard InChI is InChI=1S/C10H11ClO3S/c1-8(12)5-6-15(13,14)10-4-2-3-9(11)7-10/h2-4,7H,5-6H2,1H3. The maximum atomic E-state index is 11.7. The molecule has 0 atom stereocenters. The smallest absolute Gasteiger partial charge is 0.178 e. The summed E-state index contributed by atoms with van der Waals surface area (Å²) < 4.78 is 23.4. The van der Waals surface area contributed by atoms with E-state index in [-0.39, 0.29) is 22.9 Å². The molecule has 0 aliphatic heterocycles. The third-order valence-corrected chi connectivity index (χ3v) is 3.83. The fourth-order valence-electron chi connectivity index (χ4n) is 1.06. The molecule has 0 heterocycles. The molecule has 15 heavy (non-hydrogen) atoms. The van der Waals surface area contributed by atoms with Crippen molar-refractivity contribution in [1.82, 2.24) is 0 Å². The Morgan fingerprint density at radius 1 is 1.40 bits per heavy atom. The lowest BCUT2D eigenvalue weighted by atomic mass is 10.4. The molecule has 3 nitrogen and oxygen atoms in total. The highest BCUT2D eigenvalue weighted by atomic mass is 35.5. The predicted molar refractivity (Wildman–Crippen MR) is 58.8 cm³/mol. The molecule has 0 saturated carbocycles. The molecular formula is C10H11ClO3S. The van der Waals surface area contributed by atoms with E-state index in [0.717, 1.165) is 0 Å². The van der Waals surface area contributed by atoms with Crippen molar-refractivity contribution in [2.24, 2.45) is 0 Å². The van der Waals surface area contributed by atoms with Crippen molar-refractivity contribution in [2.75, 3.05) is 5.75 Å². The fourth-order valence-corrected chi connectivity index (χ4v) is 2.70. The second kappa shape index (κ2) is 4.77. The number of hydrogen-bond donors (Lipinski definition) is 0. The second-order valence-electron chi connectivity index (χ2n) is 3.23. The zero-order valence-corrected chi connectivity index (χ0v) is 9.81. The highest BCUT2D eigenvalue weighted by Gasteiger charge is 2.15. The lowest BCUT2D eigenvalue weighted by Crippen LogP contribution is -2.09. The van der Waals surface area contributed by atoms with Crippen LogP contribution in [0.5, 0.6) is 0 Å². The number of ketones is 1. The first-order chi connectivity index (χ1) is 6.92. The van der Waals surface area contributed by atoms with E-state index in [0.29, 0.717) is 5.02 Å². The Hall–Kier alpha value is -0.870. The molecule has 1 rings (SSSR count). The molecule has 0 amide bonds. The number of halogens is 1. The molecule has 1 aromatic rings. The number of benzene rings is 1. The van der Waals surface area contributed by atoms with Gasteiger partial charge in [-0.25, -0.2) is 8.42 Å². The summed E-state index contributed by atoms with van der Waals surface area (Å²) in [5.41, 5.74) is 0. The molecule has 0 bridgehead atoms. The average molecular weight is 247 g/mol. The van der Waals surface area contributed by atoms with Crippen LogP contribution >= 0.6 is 11.6 Å². The highest BCUT2D eigenvalue weighted by molar-refractivity contribution is 7.91. The molecule has 1 aromatic carbocycles. The lowest BCUT2D eigenvalue weighted by Gasteiger charge is -2.02. The van der Waals surface area contributed by atoms with E-state index in [9.17, 15) is 13.2 Å². The van der Waals surface area contributed by atoms with Crippen LogP contribution in [0, 0.1) is 0 Å². The zero-order chi connectivity index (χ0) is 11.5. The first kappa shape index (κ1) is 12.2. The van der Waals surface area contributed by atoms with E-state index in [2.05, 4.69) is 0 Å². The van der Waals surface area contributed by atoms with Crippen molar-refractivity contribution in [3.63, 3.8) is 0 Å². The average Bonchev–Trinajstić information content (AvgIpc) is 2.15. The van der Waals surface area contributed by atoms with Gasteiger partial charge >= 0.3 is 0 Å². The van der Waals surface area contributed by atoms with Crippen LogP contribution < -0.4 is 0 Å². The summed E-state index contributed by atoms with van der Waals surface area (Å²) in [6, 6.07) is 6.03. The molecule has 0 fully saturated rings. The van der Waals surface area contributed by atoms with Crippen LogP contribution in [0.4, 0.5) is 0 Å². The summed E-state index contributed by atoms with van der Waals surface area (Å²) in [5.74, 6) is -0.302. The Labute approximate surface area is 94.0 Å². The van der Waals surface area contributed by atoms with E-state index in [4.69, 9.17) is 11.6 Å². The van der Waals surface area contributed by atoms with Gasteiger partial charge in [0.2, 0.25) is 0 Å². The summed E-state index contributed by atoms with van der Waals surface area (Å²) in [6.45, 7) is 1.37. The number of carbonyl (C=O) groups excluding carboxylic acids is 1. The predicted octanol–water partition coefficient (Wildman–Crippen LogP) is 2.09. The number of sulfone groups is 1. The van der Waals surface area contributed by atoms with E-state index in [1.807, 2.05) is 0 Å². The van der Waals surface area contributed by atoms with Gasteiger partial charge in [0.1, 0.15) is 5.78 Å². The number of rotatable bonds is 4. The van der Waals surface area contributed by atoms with Crippen molar-refractivity contribution in [3.8, 4) is 0 Å². The van der Waals surface area contributed by atoms with Gasteiger partial charge in [-0.2, -0.15) is 0 Å². The number of hydrogen-bond acceptors (Lipinski definition) is 3. The molecule has 0 aliphatic rings. The van der Waals surface area contributed by atoms with Gasteiger partial charge in [-0.3, -0.25) is 4.79 Å². The Morgan fingerprint density at radius 3 is 2.60 bits per heavy atom. The van der Waals surface area contributed by atoms with Gasteiger partial charge in [0.25, 0.3) is 0 Å². The molecule has 0 unspecified atom stereocenters. The van der Waals surface area contributed by atoms with Gasteiger partial charge in [-0.15, -0.1) is 0 Å². The van der Waals surface area contributed by atoms with Crippen molar-refractivity contribution in [2.45, 2.75) is 18.2 Å². The Kier molecular flexibility index (Phi) is 3.88. The molecule has 0 saturated heterocycles. The normalized spacial score (nSPS) is 11.3. The largest absolute Gasteiger partial charge is 0.300 e. The van der Waals surface area contributed by atoms with E-state index >= 15 is 0 Å². The summed E-state index contributed by atoms with van der Waals surface area (Å²) in [5, 5.41) is 0.374. The maximum absolute atomic E-state index is 11.7. The molecule has 0 aliphatic carbocycles. The zero-order valence-electron chi connectivity index (χ0n) is 8.23. The third-order valence-electron chi connectivity index (χ3n) is 1.88. The van der Waals surface area contributed by atoms with Crippen molar-refractivity contribution in [3.05, 3.63) is 29.3 Å². The van der Waals surface area contributed by atoms with Crippen LogP contribution in [0.15, 0.2) is 29.2 Å². The van der Waals surface area contributed by atoms with Crippen molar-refractivity contribution >= 4 is 27.2 Å². The number of Topliss-reactive ketones (excluding diaryl/α,β-unsaturated/α-hetero) is 1. The van der Waals surface area contributed by atoms with Crippen molar-refractivity contribution < 1.29 is 13.2 Å². The van der Waals surface area contributed by atoms with Crippen LogP contribution in [-0.4, -0.2) is 20.0 Å². The Morgan fingerprint density at radius 2 is 2.07 bits per heavy atom. The first-order valence-corrected chi connectivity index (χ1v) is 6.42. The second-order valence-corrected chi connectivity index (χ2v) is 5.77. The van der Waals surface area contributed by atoms with E-state index in [1.54, 1.807) is 12.1 Å². The minimum Gasteiger partial charge on any atom is -0.300 e. The van der Waals surface area contributed by atoms with Gasteiger partial charge in [0, 0.05) is 11.4 Å². The van der Waals surface area contributed by atoms with Crippen LogP contribution in [0.3, 0.4) is 0 Å². The van der Waals surface area contributed by atoms with Crippen LogP contribution in [0.25, 0.3) is 0 Å². The van der Waals surface area contributed by atoms with Gasteiger partial charge in [-0.05, 0) is 25.1 Å². The Balaban J connectivity index is 2.91. The van der Waals surface area contributed by atoms with Gasteiger partial charge < -0.3 is 0 Å².